The average molecular weight is 258 g/mol. The zero-order valence-corrected chi connectivity index (χ0v) is 10.7. The van der Waals surface area contributed by atoms with Crippen LogP contribution in [0.2, 0.25) is 0 Å². The Morgan fingerprint density at radius 2 is 2.00 bits per heavy atom. The summed E-state index contributed by atoms with van der Waals surface area (Å²) in [6, 6.07) is 7.08. The molecule has 0 bridgehead atoms. The maximum Gasteiger partial charge on any atom is 0.229 e. The molecule has 0 aliphatic carbocycles. The number of ether oxygens (including phenoxy) is 1. The van der Waals surface area contributed by atoms with E-state index in [0.717, 1.165) is 5.56 Å². The molecule has 5 heteroatoms. The van der Waals surface area contributed by atoms with Crippen molar-refractivity contribution in [2.45, 2.75) is 25.8 Å². The number of hydrogen-bond donors (Lipinski definition) is 0. The standard InChI is InChI=1S/C14H14N2O3/c1-19-12-7-10(5-6-11(12)8-15)9-16-13(17)3-2-4-14(16)18/h5-7H,2-4,9H2,1H3. The lowest BCUT2D eigenvalue weighted by Crippen LogP contribution is -2.39. The SMILES string of the molecule is COc1cc(CN2C(=O)CCCC2=O)ccc1C#N. The van der Waals surface area contributed by atoms with Gasteiger partial charge in [-0.05, 0) is 24.1 Å². The Hall–Kier alpha value is -2.35. The molecule has 0 aromatic heterocycles. The summed E-state index contributed by atoms with van der Waals surface area (Å²) in [7, 11) is 1.48. The first kappa shape index (κ1) is 13.1. The zero-order chi connectivity index (χ0) is 13.8. The predicted octanol–water partition coefficient (Wildman–Crippen LogP) is 1.61. The Kier molecular flexibility index (Phi) is 3.81. The van der Waals surface area contributed by atoms with Crippen LogP contribution in [0.3, 0.4) is 0 Å². The molecule has 19 heavy (non-hydrogen) atoms. The van der Waals surface area contributed by atoms with Crippen molar-refractivity contribution in [1.29, 1.82) is 5.26 Å². The predicted molar refractivity (Wildman–Crippen MR) is 67.1 cm³/mol. The van der Waals surface area contributed by atoms with Gasteiger partial charge < -0.3 is 4.74 Å². The normalized spacial score (nSPS) is 15.3. The van der Waals surface area contributed by atoms with E-state index in [1.165, 1.54) is 12.0 Å². The highest BCUT2D eigenvalue weighted by molar-refractivity contribution is 5.97. The lowest BCUT2D eigenvalue weighted by Gasteiger charge is -2.25. The fourth-order valence-corrected chi connectivity index (χ4v) is 2.09. The first-order valence-corrected chi connectivity index (χ1v) is 6.06. The van der Waals surface area contributed by atoms with E-state index >= 15 is 0 Å². The molecule has 5 nitrogen and oxygen atoms in total. The van der Waals surface area contributed by atoms with Gasteiger partial charge in [-0.3, -0.25) is 14.5 Å². The Balaban J connectivity index is 2.21. The molecule has 2 rings (SSSR count). The molecule has 0 unspecified atom stereocenters. The topological polar surface area (TPSA) is 70.4 Å². The van der Waals surface area contributed by atoms with Gasteiger partial charge in [0.05, 0.1) is 19.2 Å². The number of benzene rings is 1. The van der Waals surface area contributed by atoms with Crippen LogP contribution in [-0.4, -0.2) is 23.8 Å². The monoisotopic (exact) mass is 258 g/mol. The second-order valence-corrected chi connectivity index (χ2v) is 4.37. The Morgan fingerprint density at radius 1 is 1.32 bits per heavy atom. The maximum absolute atomic E-state index is 11.7. The third-order valence-electron chi connectivity index (χ3n) is 3.11. The van der Waals surface area contributed by atoms with E-state index in [1.807, 2.05) is 6.07 Å². The van der Waals surface area contributed by atoms with E-state index in [0.29, 0.717) is 30.6 Å². The highest BCUT2D eigenvalue weighted by Gasteiger charge is 2.25. The fraction of sp³-hybridized carbons (Fsp3) is 0.357. The minimum atomic E-state index is -0.139. The highest BCUT2D eigenvalue weighted by atomic mass is 16.5. The van der Waals surface area contributed by atoms with Crippen molar-refractivity contribution >= 4 is 11.8 Å². The molecule has 0 N–H and O–H groups in total. The number of methoxy groups -OCH3 is 1. The summed E-state index contributed by atoms with van der Waals surface area (Å²) in [5.41, 5.74) is 1.21. The van der Waals surface area contributed by atoms with E-state index in [2.05, 4.69) is 0 Å². The van der Waals surface area contributed by atoms with Gasteiger partial charge in [0.2, 0.25) is 11.8 Å². The van der Waals surface area contributed by atoms with Gasteiger partial charge in [-0.15, -0.1) is 0 Å². The molecular weight excluding hydrogens is 244 g/mol. The molecule has 2 amide bonds. The lowest BCUT2D eigenvalue weighted by molar-refractivity contribution is -0.148. The van der Waals surface area contributed by atoms with Crippen LogP contribution in [0.1, 0.15) is 30.4 Å². The van der Waals surface area contributed by atoms with Crippen LogP contribution in [0.15, 0.2) is 18.2 Å². The molecule has 1 saturated heterocycles. The number of amides is 2. The third-order valence-corrected chi connectivity index (χ3v) is 3.11. The van der Waals surface area contributed by atoms with Crippen molar-refractivity contribution in [2.24, 2.45) is 0 Å². The van der Waals surface area contributed by atoms with Crippen LogP contribution in [-0.2, 0) is 16.1 Å². The van der Waals surface area contributed by atoms with Gasteiger partial charge in [0.15, 0.2) is 0 Å². The number of hydrogen-bond acceptors (Lipinski definition) is 4. The molecule has 1 aliphatic heterocycles. The van der Waals surface area contributed by atoms with Crippen molar-refractivity contribution in [3.63, 3.8) is 0 Å². The molecule has 1 fully saturated rings. The average Bonchev–Trinajstić information content (AvgIpc) is 2.42. The number of rotatable bonds is 3. The Morgan fingerprint density at radius 3 is 2.58 bits per heavy atom. The number of nitriles is 1. The van der Waals surface area contributed by atoms with Crippen LogP contribution in [0.5, 0.6) is 5.75 Å². The van der Waals surface area contributed by atoms with Gasteiger partial charge in [-0.2, -0.15) is 5.26 Å². The second kappa shape index (κ2) is 5.53. The van der Waals surface area contributed by atoms with Gasteiger partial charge in [-0.1, -0.05) is 6.07 Å². The minimum Gasteiger partial charge on any atom is -0.495 e. The van der Waals surface area contributed by atoms with Gasteiger partial charge in [0.25, 0.3) is 0 Å². The van der Waals surface area contributed by atoms with Crippen molar-refractivity contribution in [3.8, 4) is 11.8 Å². The first-order valence-electron chi connectivity index (χ1n) is 6.06. The Labute approximate surface area is 111 Å². The summed E-state index contributed by atoms with van der Waals surface area (Å²) in [5.74, 6) is 0.177. The van der Waals surface area contributed by atoms with E-state index in [-0.39, 0.29) is 18.4 Å². The van der Waals surface area contributed by atoms with E-state index in [9.17, 15) is 9.59 Å². The molecule has 0 saturated carbocycles. The number of imide groups is 1. The van der Waals surface area contributed by atoms with Gasteiger partial charge in [0.1, 0.15) is 11.8 Å². The van der Waals surface area contributed by atoms with Gasteiger partial charge >= 0.3 is 0 Å². The molecule has 1 aromatic rings. The van der Waals surface area contributed by atoms with Crippen molar-refractivity contribution < 1.29 is 14.3 Å². The van der Waals surface area contributed by atoms with Crippen LogP contribution in [0.4, 0.5) is 0 Å². The summed E-state index contributed by atoms with van der Waals surface area (Å²) >= 11 is 0. The second-order valence-electron chi connectivity index (χ2n) is 4.37. The molecule has 0 radical (unpaired) electrons. The molecule has 98 valence electrons. The number of likely N-dealkylation sites (tertiary alicyclic amines) is 1. The largest absolute Gasteiger partial charge is 0.495 e. The smallest absolute Gasteiger partial charge is 0.229 e. The summed E-state index contributed by atoms with van der Waals surface area (Å²) in [5, 5.41) is 8.90. The fourth-order valence-electron chi connectivity index (χ4n) is 2.09. The summed E-state index contributed by atoms with van der Waals surface area (Å²) in [6.45, 7) is 0.236. The molecular formula is C14H14N2O3. The van der Waals surface area contributed by atoms with Crippen LogP contribution in [0, 0.1) is 11.3 Å². The highest BCUT2D eigenvalue weighted by Crippen LogP contribution is 2.22. The van der Waals surface area contributed by atoms with Gasteiger partial charge in [-0.25, -0.2) is 0 Å². The van der Waals surface area contributed by atoms with Crippen LogP contribution >= 0.6 is 0 Å². The Bertz CT molecular complexity index is 544. The molecule has 1 aliphatic rings. The van der Waals surface area contributed by atoms with Gasteiger partial charge in [0, 0.05) is 12.8 Å². The number of carbonyl (C=O) groups excluding carboxylic acids is 2. The molecule has 0 spiro atoms. The number of nitrogens with zero attached hydrogens (tertiary/aromatic N) is 2. The van der Waals surface area contributed by atoms with Crippen LogP contribution < -0.4 is 4.74 Å². The van der Waals surface area contributed by atoms with Crippen LogP contribution in [0.25, 0.3) is 0 Å². The number of carbonyl (C=O) groups is 2. The quantitative estimate of drug-likeness (QED) is 0.772. The first-order chi connectivity index (χ1) is 9.15. The van der Waals surface area contributed by atoms with Crippen molar-refractivity contribution in [2.75, 3.05) is 7.11 Å². The third kappa shape index (κ3) is 2.74. The molecule has 0 atom stereocenters. The van der Waals surface area contributed by atoms with E-state index in [1.54, 1.807) is 18.2 Å². The van der Waals surface area contributed by atoms with Crippen molar-refractivity contribution in [1.82, 2.24) is 4.90 Å². The minimum absolute atomic E-state index is 0.139. The maximum atomic E-state index is 11.7. The summed E-state index contributed by atoms with van der Waals surface area (Å²) < 4.78 is 5.11. The van der Waals surface area contributed by atoms with E-state index in [4.69, 9.17) is 10.00 Å². The molecule has 1 aromatic carbocycles. The molecule has 1 heterocycles. The zero-order valence-electron chi connectivity index (χ0n) is 10.7. The summed E-state index contributed by atoms with van der Waals surface area (Å²) in [6.07, 6.45) is 1.46. The number of piperidine rings is 1. The van der Waals surface area contributed by atoms with E-state index < -0.39 is 0 Å². The lowest BCUT2D eigenvalue weighted by atomic mass is 10.1. The van der Waals surface area contributed by atoms with Crippen molar-refractivity contribution in [3.05, 3.63) is 29.3 Å². The summed E-state index contributed by atoms with van der Waals surface area (Å²) in [4.78, 5) is 24.7.